The van der Waals surface area contributed by atoms with Crippen molar-refractivity contribution in [2.45, 2.75) is 83.3 Å². The summed E-state index contributed by atoms with van der Waals surface area (Å²) in [4.78, 5) is 43.4. The molecular weight excluding hydrogens is 553 g/mol. The average molecular weight is 593 g/mol. The molecule has 3 aliphatic heterocycles. The molecule has 0 radical (unpaired) electrons. The van der Waals surface area contributed by atoms with Gasteiger partial charge in [-0.05, 0) is 56.7 Å². The van der Waals surface area contributed by atoms with Gasteiger partial charge in [-0.15, -0.1) is 0 Å². The van der Waals surface area contributed by atoms with Gasteiger partial charge in [-0.1, -0.05) is 62.0 Å². The minimum absolute atomic E-state index is 0.0298. The van der Waals surface area contributed by atoms with Gasteiger partial charge in [-0.2, -0.15) is 0 Å². The van der Waals surface area contributed by atoms with Crippen LogP contribution >= 0.6 is 23.2 Å². The molecule has 4 aliphatic rings. The standard InChI is InChI=1S/C30H39Cl2N3O5/c1-16(2)39-12-6-11-35-26(28(37)34-22-8-5-7-17(3)18(22)4)30-10-9-23(40-30)24(25(30)29(35)38)27(36)33-21-14-19(31)13-20(32)15-21/h9-10,13-18,22-26H,5-8,11-12H2,1-4H3,(H,33,36)(H,34,37)/t17-,18+,22-,23-,24-,25-,26+,30+/m1/s1. The Morgan fingerprint density at radius 3 is 2.58 bits per heavy atom. The van der Waals surface area contributed by atoms with Crippen molar-refractivity contribution in [1.82, 2.24) is 10.2 Å². The number of nitrogens with zero attached hydrogens (tertiary/aromatic N) is 1. The third kappa shape index (κ3) is 5.40. The van der Waals surface area contributed by atoms with Crippen molar-refractivity contribution in [2.75, 3.05) is 18.5 Å². The molecule has 8 nitrogen and oxygen atoms in total. The molecule has 3 heterocycles. The summed E-state index contributed by atoms with van der Waals surface area (Å²) in [6.07, 6.45) is 6.78. The van der Waals surface area contributed by atoms with Crippen LogP contribution in [-0.2, 0) is 23.9 Å². The van der Waals surface area contributed by atoms with Crippen LogP contribution in [0.5, 0.6) is 0 Å². The number of carbonyl (C=O) groups is 3. The molecular formula is C30H39Cl2N3O5. The van der Waals surface area contributed by atoms with Gasteiger partial charge in [0.25, 0.3) is 0 Å². The van der Waals surface area contributed by atoms with Crippen molar-refractivity contribution < 1.29 is 23.9 Å². The van der Waals surface area contributed by atoms with Crippen LogP contribution in [-0.4, -0.2) is 65.7 Å². The highest BCUT2D eigenvalue weighted by molar-refractivity contribution is 6.35. The van der Waals surface area contributed by atoms with Crippen molar-refractivity contribution in [3.8, 4) is 0 Å². The van der Waals surface area contributed by atoms with Crippen molar-refractivity contribution in [3.63, 3.8) is 0 Å². The fourth-order valence-electron chi connectivity index (χ4n) is 6.96. The number of benzene rings is 1. The summed E-state index contributed by atoms with van der Waals surface area (Å²) >= 11 is 12.3. The zero-order valence-corrected chi connectivity index (χ0v) is 25.0. The molecule has 10 heteroatoms. The summed E-state index contributed by atoms with van der Waals surface area (Å²) in [5, 5.41) is 6.92. The molecule has 1 aromatic carbocycles. The molecule has 1 aromatic rings. The lowest BCUT2D eigenvalue weighted by molar-refractivity contribution is -0.142. The maximum Gasteiger partial charge on any atom is 0.246 e. The molecule has 0 unspecified atom stereocenters. The van der Waals surface area contributed by atoms with E-state index in [0.29, 0.717) is 47.1 Å². The molecule has 1 saturated carbocycles. The number of likely N-dealkylation sites (tertiary alicyclic amines) is 1. The first-order valence-corrected chi connectivity index (χ1v) is 15.1. The molecule has 40 heavy (non-hydrogen) atoms. The van der Waals surface area contributed by atoms with Crippen LogP contribution in [0.15, 0.2) is 30.4 Å². The molecule has 3 amide bonds. The highest BCUT2D eigenvalue weighted by Crippen LogP contribution is 2.55. The summed E-state index contributed by atoms with van der Waals surface area (Å²) in [6, 6.07) is 3.95. The minimum Gasteiger partial charge on any atom is -0.379 e. The molecule has 8 atom stereocenters. The van der Waals surface area contributed by atoms with Crippen molar-refractivity contribution in [2.24, 2.45) is 23.7 Å². The number of fused-ring (bicyclic) bond motifs is 1. The molecule has 2 N–H and O–H groups in total. The molecule has 5 rings (SSSR count). The van der Waals surface area contributed by atoms with Gasteiger partial charge in [0.15, 0.2) is 0 Å². The highest BCUT2D eigenvalue weighted by Gasteiger charge is 2.72. The Morgan fingerprint density at radius 1 is 1.15 bits per heavy atom. The van der Waals surface area contributed by atoms with E-state index in [4.69, 9.17) is 32.7 Å². The number of carbonyl (C=O) groups excluding carboxylic acids is 3. The summed E-state index contributed by atoms with van der Waals surface area (Å²) in [5.74, 6) is -1.61. The average Bonchev–Trinajstić information content (AvgIpc) is 3.51. The second-order valence-corrected chi connectivity index (χ2v) is 12.9. The second kappa shape index (κ2) is 11.6. The number of halogens is 2. The van der Waals surface area contributed by atoms with Crippen LogP contribution in [0.1, 0.15) is 53.4 Å². The number of rotatable bonds is 9. The van der Waals surface area contributed by atoms with Crippen LogP contribution in [0.25, 0.3) is 0 Å². The van der Waals surface area contributed by atoms with E-state index in [-0.39, 0.29) is 29.9 Å². The van der Waals surface area contributed by atoms with E-state index in [1.54, 1.807) is 23.1 Å². The van der Waals surface area contributed by atoms with E-state index < -0.39 is 29.6 Å². The van der Waals surface area contributed by atoms with Gasteiger partial charge in [0.2, 0.25) is 17.7 Å². The van der Waals surface area contributed by atoms with Gasteiger partial charge in [0.1, 0.15) is 11.6 Å². The monoisotopic (exact) mass is 591 g/mol. The minimum atomic E-state index is -1.21. The quantitative estimate of drug-likeness (QED) is 0.316. The van der Waals surface area contributed by atoms with Crippen LogP contribution in [0.2, 0.25) is 10.0 Å². The number of anilines is 1. The summed E-state index contributed by atoms with van der Waals surface area (Å²) in [7, 11) is 0. The second-order valence-electron chi connectivity index (χ2n) is 12.0. The summed E-state index contributed by atoms with van der Waals surface area (Å²) < 4.78 is 12.1. The first-order valence-electron chi connectivity index (χ1n) is 14.4. The number of hydrogen-bond donors (Lipinski definition) is 2. The Kier molecular flexibility index (Phi) is 8.54. The van der Waals surface area contributed by atoms with Crippen LogP contribution < -0.4 is 10.6 Å². The van der Waals surface area contributed by atoms with Gasteiger partial charge in [0, 0.05) is 34.9 Å². The highest BCUT2D eigenvalue weighted by atomic mass is 35.5. The third-order valence-electron chi connectivity index (χ3n) is 9.08. The van der Waals surface area contributed by atoms with Gasteiger partial charge < -0.3 is 25.0 Å². The number of nitrogens with one attached hydrogen (secondary N) is 2. The van der Waals surface area contributed by atoms with Gasteiger partial charge in [0.05, 0.1) is 24.0 Å². The van der Waals surface area contributed by atoms with Crippen molar-refractivity contribution in [1.29, 1.82) is 0 Å². The Morgan fingerprint density at radius 2 is 1.88 bits per heavy atom. The summed E-state index contributed by atoms with van der Waals surface area (Å²) in [5.41, 5.74) is -0.770. The van der Waals surface area contributed by atoms with E-state index in [1.807, 2.05) is 26.0 Å². The smallest absolute Gasteiger partial charge is 0.246 e. The van der Waals surface area contributed by atoms with Gasteiger partial charge in [-0.25, -0.2) is 0 Å². The van der Waals surface area contributed by atoms with Crippen LogP contribution in [0, 0.1) is 23.7 Å². The number of ether oxygens (including phenoxy) is 2. The Hall–Kier alpha value is -2.13. The lowest BCUT2D eigenvalue weighted by atomic mass is 9.73. The van der Waals surface area contributed by atoms with E-state index in [9.17, 15) is 14.4 Å². The largest absolute Gasteiger partial charge is 0.379 e. The Bertz CT molecular complexity index is 1170. The molecule has 0 aromatic heterocycles. The van der Waals surface area contributed by atoms with Crippen molar-refractivity contribution in [3.05, 3.63) is 40.4 Å². The number of amides is 3. The molecule has 218 valence electrons. The van der Waals surface area contributed by atoms with E-state index in [0.717, 1.165) is 19.3 Å². The van der Waals surface area contributed by atoms with Crippen LogP contribution in [0.3, 0.4) is 0 Å². The molecule has 2 saturated heterocycles. The fraction of sp³-hybridized carbons (Fsp3) is 0.633. The predicted molar refractivity (Wildman–Crippen MR) is 154 cm³/mol. The van der Waals surface area contributed by atoms with E-state index in [2.05, 4.69) is 24.5 Å². The normalized spacial score (nSPS) is 34.4. The zero-order chi connectivity index (χ0) is 28.8. The topological polar surface area (TPSA) is 97.0 Å². The van der Waals surface area contributed by atoms with E-state index >= 15 is 0 Å². The lowest BCUT2D eigenvalue weighted by Crippen LogP contribution is -2.58. The van der Waals surface area contributed by atoms with E-state index in [1.165, 1.54) is 0 Å². The maximum absolute atomic E-state index is 14.1. The van der Waals surface area contributed by atoms with Gasteiger partial charge in [-0.3, -0.25) is 14.4 Å². The van der Waals surface area contributed by atoms with Crippen molar-refractivity contribution >= 4 is 46.6 Å². The zero-order valence-electron chi connectivity index (χ0n) is 23.5. The maximum atomic E-state index is 14.1. The summed E-state index contributed by atoms with van der Waals surface area (Å²) in [6.45, 7) is 9.11. The lowest BCUT2D eigenvalue weighted by Gasteiger charge is -2.38. The first-order chi connectivity index (χ1) is 19.0. The molecule has 3 fully saturated rings. The number of hydrogen-bond acceptors (Lipinski definition) is 5. The fourth-order valence-corrected chi connectivity index (χ4v) is 7.49. The first kappa shape index (κ1) is 29.4. The Balaban J connectivity index is 1.41. The molecule has 1 aliphatic carbocycles. The van der Waals surface area contributed by atoms with Gasteiger partial charge >= 0.3 is 0 Å². The molecule has 2 bridgehead atoms. The third-order valence-corrected chi connectivity index (χ3v) is 9.52. The molecule has 1 spiro atoms. The SMILES string of the molecule is CC(C)OCCCN1C(=O)[C@H]2[C@H](C(=O)Nc3cc(Cl)cc(Cl)c3)[C@H]3C=C[C@@]2(O3)[C@@H]1C(=O)N[C@@H]1CCC[C@@H](C)[C@@H]1C. The van der Waals surface area contributed by atoms with Crippen LogP contribution in [0.4, 0.5) is 5.69 Å². The Labute approximate surface area is 246 Å². The predicted octanol–water partition coefficient (Wildman–Crippen LogP) is 4.84.